The lowest BCUT2D eigenvalue weighted by atomic mass is 10.0. The lowest BCUT2D eigenvalue weighted by Crippen LogP contribution is -2.47. The van der Waals surface area contributed by atoms with Gasteiger partial charge < -0.3 is 9.80 Å². The molecular formula is C19H27FN4O2. The quantitative estimate of drug-likeness (QED) is 0.543. The second kappa shape index (κ2) is 8.68. The molecule has 1 atom stereocenters. The number of nitrogens with zero attached hydrogens (tertiary/aromatic N) is 4. The van der Waals surface area contributed by atoms with Crippen molar-refractivity contribution in [3.63, 3.8) is 0 Å². The van der Waals surface area contributed by atoms with Gasteiger partial charge in [0.1, 0.15) is 5.82 Å². The number of carbonyl (C=O) groups excluding carboxylic acids is 2. The fourth-order valence-electron chi connectivity index (χ4n) is 3.77. The van der Waals surface area contributed by atoms with Crippen molar-refractivity contribution in [2.45, 2.75) is 19.8 Å². The van der Waals surface area contributed by atoms with Crippen LogP contribution in [0.4, 0.5) is 10.2 Å². The zero-order valence-corrected chi connectivity index (χ0v) is 15.4. The van der Waals surface area contributed by atoms with Crippen molar-refractivity contribution in [1.29, 1.82) is 0 Å². The van der Waals surface area contributed by atoms with Gasteiger partial charge >= 0.3 is 6.04 Å². The largest absolute Gasteiger partial charge is 0.356 e. The number of pyridine rings is 1. The van der Waals surface area contributed by atoms with E-state index in [1.54, 1.807) is 13.1 Å². The van der Waals surface area contributed by atoms with E-state index < -0.39 is 6.04 Å². The Morgan fingerprint density at radius 1 is 1.15 bits per heavy atom. The van der Waals surface area contributed by atoms with Crippen molar-refractivity contribution in [2.24, 2.45) is 5.92 Å². The summed E-state index contributed by atoms with van der Waals surface area (Å²) in [6, 6.07) is 2.54. The SMILES string of the molecule is CC(=O)c1ccc(N2CCC(CCN3CCN(CC(=O)F)CC3)C2)nc1. The van der Waals surface area contributed by atoms with Gasteiger partial charge in [0.05, 0.1) is 6.54 Å². The van der Waals surface area contributed by atoms with Gasteiger partial charge in [-0.1, -0.05) is 0 Å². The average Bonchev–Trinajstić information content (AvgIpc) is 3.10. The Hall–Kier alpha value is -1.86. The Morgan fingerprint density at radius 2 is 1.88 bits per heavy atom. The van der Waals surface area contributed by atoms with Gasteiger partial charge in [-0.15, -0.1) is 0 Å². The highest BCUT2D eigenvalue weighted by Crippen LogP contribution is 2.24. The van der Waals surface area contributed by atoms with Crippen molar-refractivity contribution in [1.82, 2.24) is 14.8 Å². The second-order valence-electron chi connectivity index (χ2n) is 7.32. The van der Waals surface area contributed by atoms with Crippen LogP contribution in [0.25, 0.3) is 0 Å². The van der Waals surface area contributed by atoms with Crippen LogP contribution in [0.2, 0.25) is 0 Å². The van der Waals surface area contributed by atoms with E-state index in [4.69, 9.17) is 0 Å². The van der Waals surface area contributed by atoms with Gasteiger partial charge in [0.2, 0.25) is 0 Å². The van der Waals surface area contributed by atoms with E-state index in [0.717, 1.165) is 64.5 Å². The first-order chi connectivity index (χ1) is 12.5. The Labute approximate surface area is 154 Å². The number of Topliss-reactive ketones (excluding diaryl/α,β-unsaturated/α-hetero) is 1. The minimum Gasteiger partial charge on any atom is -0.356 e. The summed E-state index contributed by atoms with van der Waals surface area (Å²) in [5.41, 5.74) is 0.651. The highest BCUT2D eigenvalue weighted by atomic mass is 19.1. The standard InChI is InChI=1S/C19H27FN4O2/c1-15(25)17-2-3-19(21-12-17)24-7-5-16(13-24)4-6-22-8-10-23(11-9-22)14-18(20)26/h2-3,12,16H,4-11,13-14H2,1H3. The fourth-order valence-corrected chi connectivity index (χ4v) is 3.77. The normalized spacial score (nSPS) is 21.9. The van der Waals surface area contributed by atoms with Crippen LogP contribution in [0.15, 0.2) is 18.3 Å². The number of aromatic nitrogens is 1. The molecule has 1 aromatic heterocycles. The fraction of sp³-hybridized carbons (Fsp3) is 0.632. The molecule has 2 aliphatic rings. The molecule has 3 heterocycles. The first kappa shape index (κ1) is 18.9. The van der Waals surface area contributed by atoms with Crippen molar-refractivity contribution in [3.8, 4) is 0 Å². The van der Waals surface area contributed by atoms with Crippen molar-refractivity contribution < 1.29 is 14.0 Å². The van der Waals surface area contributed by atoms with E-state index in [2.05, 4.69) is 14.8 Å². The molecule has 2 saturated heterocycles. The summed E-state index contributed by atoms with van der Waals surface area (Å²) in [6.45, 7) is 7.87. The predicted octanol–water partition coefficient (Wildman–Crippen LogP) is 1.61. The number of anilines is 1. The highest BCUT2D eigenvalue weighted by Gasteiger charge is 2.25. The van der Waals surface area contributed by atoms with E-state index in [0.29, 0.717) is 11.5 Å². The molecule has 0 aromatic carbocycles. The van der Waals surface area contributed by atoms with Crippen LogP contribution >= 0.6 is 0 Å². The van der Waals surface area contributed by atoms with Crippen LogP contribution < -0.4 is 4.90 Å². The molecule has 0 saturated carbocycles. The summed E-state index contributed by atoms with van der Waals surface area (Å²) in [5.74, 6) is 1.64. The highest BCUT2D eigenvalue weighted by molar-refractivity contribution is 5.93. The molecule has 7 heteroatoms. The molecular weight excluding hydrogens is 335 g/mol. The van der Waals surface area contributed by atoms with E-state index in [9.17, 15) is 14.0 Å². The monoisotopic (exact) mass is 362 g/mol. The summed E-state index contributed by atoms with van der Waals surface area (Å²) < 4.78 is 12.5. The summed E-state index contributed by atoms with van der Waals surface area (Å²) in [7, 11) is 0. The Bertz CT molecular complexity index is 629. The first-order valence-corrected chi connectivity index (χ1v) is 9.36. The van der Waals surface area contributed by atoms with Crippen molar-refractivity contribution in [2.75, 3.05) is 57.3 Å². The zero-order valence-electron chi connectivity index (χ0n) is 15.4. The maximum absolute atomic E-state index is 12.5. The number of halogens is 1. The molecule has 0 N–H and O–H groups in total. The van der Waals surface area contributed by atoms with Crippen LogP contribution in [0.1, 0.15) is 30.1 Å². The van der Waals surface area contributed by atoms with Crippen LogP contribution in [0.5, 0.6) is 0 Å². The molecule has 0 amide bonds. The van der Waals surface area contributed by atoms with E-state index >= 15 is 0 Å². The van der Waals surface area contributed by atoms with Crippen molar-refractivity contribution >= 4 is 17.6 Å². The molecule has 2 fully saturated rings. The molecule has 2 aliphatic heterocycles. The number of piperazine rings is 1. The van der Waals surface area contributed by atoms with Crippen molar-refractivity contribution in [3.05, 3.63) is 23.9 Å². The smallest absolute Gasteiger partial charge is 0.315 e. The molecule has 6 nitrogen and oxygen atoms in total. The third-order valence-corrected chi connectivity index (χ3v) is 5.43. The molecule has 0 radical (unpaired) electrons. The second-order valence-corrected chi connectivity index (χ2v) is 7.32. The molecule has 26 heavy (non-hydrogen) atoms. The first-order valence-electron chi connectivity index (χ1n) is 9.36. The predicted molar refractivity (Wildman–Crippen MR) is 98.2 cm³/mol. The van der Waals surface area contributed by atoms with Gasteiger partial charge in [0.15, 0.2) is 5.78 Å². The topological polar surface area (TPSA) is 56.8 Å². The Morgan fingerprint density at radius 3 is 2.50 bits per heavy atom. The van der Waals surface area contributed by atoms with Gasteiger partial charge in [-0.25, -0.2) is 4.98 Å². The van der Waals surface area contributed by atoms with Crippen LogP contribution in [0.3, 0.4) is 0 Å². The van der Waals surface area contributed by atoms with E-state index in [1.807, 2.05) is 17.0 Å². The van der Waals surface area contributed by atoms with E-state index in [1.165, 1.54) is 0 Å². The summed E-state index contributed by atoms with van der Waals surface area (Å²) in [4.78, 5) is 32.9. The van der Waals surface area contributed by atoms with E-state index in [-0.39, 0.29) is 12.3 Å². The molecule has 0 aliphatic carbocycles. The third kappa shape index (κ3) is 5.08. The summed E-state index contributed by atoms with van der Waals surface area (Å²) in [5, 5.41) is 0. The average molecular weight is 362 g/mol. The van der Waals surface area contributed by atoms with Crippen LogP contribution in [0, 0.1) is 5.92 Å². The van der Waals surface area contributed by atoms with Crippen LogP contribution in [-0.2, 0) is 4.79 Å². The number of hydrogen-bond acceptors (Lipinski definition) is 6. The number of ketones is 1. The summed E-state index contributed by atoms with van der Waals surface area (Å²) >= 11 is 0. The van der Waals surface area contributed by atoms with Crippen LogP contribution in [-0.4, -0.2) is 79.0 Å². The number of carbonyl (C=O) groups is 2. The molecule has 0 spiro atoms. The van der Waals surface area contributed by atoms with Gasteiger partial charge in [-0.3, -0.25) is 14.5 Å². The molecule has 0 bridgehead atoms. The number of hydrogen-bond donors (Lipinski definition) is 0. The van der Waals surface area contributed by atoms with Gasteiger partial charge in [-0.05, 0) is 44.4 Å². The molecule has 142 valence electrons. The molecule has 1 aromatic rings. The van der Waals surface area contributed by atoms with Gasteiger partial charge in [0, 0.05) is 51.0 Å². The zero-order chi connectivity index (χ0) is 18.5. The lowest BCUT2D eigenvalue weighted by molar-refractivity contribution is -0.130. The van der Waals surface area contributed by atoms with Gasteiger partial charge in [0.25, 0.3) is 0 Å². The Balaban J connectivity index is 1.40. The van der Waals surface area contributed by atoms with Gasteiger partial charge in [-0.2, -0.15) is 4.39 Å². The molecule has 3 rings (SSSR count). The summed E-state index contributed by atoms with van der Waals surface area (Å²) in [6.07, 6.45) is 3.96. The minimum atomic E-state index is -1.24. The maximum Gasteiger partial charge on any atom is 0.315 e. The number of rotatable bonds is 7. The third-order valence-electron chi connectivity index (χ3n) is 5.43. The minimum absolute atomic E-state index is 0.0410. The maximum atomic E-state index is 12.5. The Kier molecular flexibility index (Phi) is 6.32. The lowest BCUT2D eigenvalue weighted by Gasteiger charge is -2.34. The molecule has 1 unspecified atom stereocenters.